The highest BCUT2D eigenvalue weighted by molar-refractivity contribution is 6.37. The van der Waals surface area contributed by atoms with Crippen LogP contribution in [0.15, 0.2) is 18.2 Å². The summed E-state index contributed by atoms with van der Waals surface area (Å²) in [5.74, 6) is -0.302. The van der Waals surface area contributed by atoms with Gasteiger partial charge in [0.2, 0.25) is 0 Å². The van der Waals surface area contributed by atoms with E-state index in [-0.39, 0.29) is 6.42 Å². The van der Waals surface area contributed by atoms with E-state index in [2.05, 4.69) is 5.32 Å². The molecular weight excluding hydrogens is 277 g/mol. The monoisotopic (exact) mass is 291 g/mol. The molecule has 1 aromatic carbocycles. The third-order valence-electron chi connectivity index (χ3n) is 2.19. The van der Waals surface area contributed by atoms with Crippen molar-refractivity contribution in [2.45, 2.75) is 12.8 Å². The summed E-state index contributed by atoms with van der Waals surface area (Å²) in [7, 11) is 0. The normalized spacial score (nSPS) is 10.3. The van der Waals surface area contributed by atoms with Crippen molar-refractivity contribution in [3.05, 3.63) is 28.2 Å². The first-order chi connectivity index (χ1) is 8.61. The van der Waals surface area contributed by atoms with Crippen LogP contribution >= 0.6 is 23.2 Å². The molecule has 0 aliphatic rings. The molecule has 1 rings (SSSR count). The number of aliphatic carboxylic acids is 1. The van der Waals surface area contributed by atoms with E-state index >= 15 is 0 Å². The number of rotatable bonds is 8. The second-order valence-corrected chi connectivity index (χ2v) is 4.46. The van der Waals surface area contributed by atoms with Gasteiger partial charge in [-0.1, -0.05) is 29.3 Å². The highest BCUT2D eigenvalue weighted by Gasteiger charge is 2.05. The fourth-order valence-electron chi connectivity index (χ4n) is 1.34. The third kappa shape index (κ3) is 5.58. The maximum atomic E-state index is 10.3. The van der Waals surface area contributed by atoms with Gasteiger partial charge in [-0.2, -0.15) is 0 Å². The molecule has 0 aliphatic heterocycles. The van der Waals surface area contributed by atoms with Crippen molar-refractivity contribution >= 4 is 29.2 Å². The summed E-state index contributed by atoms with van der Waals surface area (Å²) in [4.78, 5) is 10.3. The minimum absolute atomic E-state index is 0.171. The number of halogens is 2. The van der Waals surface area contributed by atoms with Crippen molar-refractivity contribution in [2.75, 3.05) is 19.7 Å². The van der Waals surface area contributed by atoms with E-state index in [1.807, 2.05) is 0 Å². The highest BCUT2D eigenvalue weighted by atomic mass is 35.5. The third-order valence-corrected chi connectivity index (χ3v) is 2.78. The Labute approximate surface area is 116 Å². The van der Waals surface area contributed by atoms with Gasteiger partial charge in [0.05, 0.1) is 10.0 Å². The zero-order chi connectivity index (χ0) is 13.4. The quantitative estimate of drug-likeness (QED) is 0.723. The van der Waals surface area contributed by atoms with E-state index in [9.17, 15) is 4.79 Å². The maximum Gasteiger partial charge on any atom is 0.303 e. The number of nitrogens with one attached hydrogen (secondary N) is 1. The molecule has 6 heteroatoms. The zero-order valence-corrected chi connectivity index (χ0v) is 11.3. The fraction of sp³-hybridized carbons (Fsp3) is 0.417. The van der Waals surface area contributed by atoms with Gasteiger partial charge in [0, 0.05) is 13.0 Å². The second-order valence-electron chi connectivity index (χ2n) is 3.65. The molecule has 2 N–H and O–H groups in total. The number of benzene rings is 1. The molecule has 0 atom stereocenters. The number of ether oxygens (including phenoxy) is 1. The van der Waals surface area contributed by atoms with Gasteiger partial charge < -0.3 is 15.2 Å². The SMILES string of the molecule is O=C(O)CCCNCCOc1c(Cl)cccc1Cl. The van der Waals surface area contributed by atoms with E-state index < -0.39 is 5.97 Å². The lowest BCUT2D eigenvalue weighted by Gasteiger charge is -2.10. The first-order valence-electron chi connectivity index (χ1n) is 5.60. The Kier molecular flexibility index (Phi) is 6.86. The molecule has 0 spiro atoms. The number of carboxylic acids is 1. The Hall–Kier alpha value is -0.970. The maximum absolute atomic E-state index is 10.3. The average molecular weight is 292 g/mol. The molecule has 0 heterocycles. The summed E-state index contributed by atoms with van der Waals surface area (Å²) < 4.78 is 5.45. The van der Waals surface area contributed by atoms with Crippen LogP contribution in [0.5, 0.6) is 5.75 Å². The van der Waals surface area contributed by atoms with Crippen LogP contribution in [-0.2, 0) is 4.79 Å². The molecule has 0 bridgehead atoms. The molecule has 0 aromatic heterocycles. The first kappa shape index (κ1) is 15.1. The van der Waals surface area contributed by atoms with E-state index in [1.54, 1.807) is 18.2 Å². The van der Waals surface area contributed by atoms with Gasteiger partial charge in [-0.25, -0.2) is 0 Å². The number of carboxylic acid groups (broad SMARTS) is 1. The molecule has 0 amide bonds. The van der Waals surface area contributed by atoms with Crippen LogP contribution in [0.1, 0.15) is 12.8 Å². The molecule has 18 heavy (non-hydrogen) atoms. The Bertz CT molecular complexity index is 379. The van der Waals surface area contributed by atoms with Crippen LogP contribution in [0.25, 0.3) is 0 Å². The van der Waals surface area contributed by atoms with Crippen LogP contribution in [0.3, 0.4) is 0 Å². The average Bonchev–Trinajstić information content (AvgIpc) is 2.30. The van der Waals surface area contributed by atoms with Crippen molar-refractivity contribution < 1.29 is 14.6 Å². The van der Waals surface area contributed by atoms with Crippen molar-refractivity contribution in [2.24, 2.45) is 0 Å². The van der Waals surface area contributed by atoms with Crippen LogP contribution in [0.4, 0.5) is 0 Å². The standard InChI is InChI=1S/C12H15Cl2NO3/c13-9-3-1-4-10(14)12(9)18-8-7-15-6-2-5-11(16)17/h1,3-4,15H,2,5-8H2,(H,16,17). The van der Waals surface area contributed by atoms with Gasteiger partial charge in [0.25, 0.3) is 0 Å². The number of hydrogen-bond acceptors (Lipinski definition) is 3. The number of carbonyl (C=O) groups is 1. The van der Waals surface area contributed by atoms with E-state index in [0.717, 1.165) is 0 Å². The molecule has 0 saturated carbocycles. The predicted octanol–water partition coefficient (Wildman–Crippen LogP) is 2.83. The summed E-state index contributed by atoms with van der Waals surface area (Å²) in [6, 6.07) is 5.17. The van der Waals surface area contributed by atoms with Gasteiger partial charge in [-0.3, -0.25) is 4.79 Å². The van der Waals surface area contributed by atoms with Gasteiger partial charge in [-0.05, 0) is 25.1 Å². The lowest BCUT2D eigenvalue weighted by molar-refractivity contribution is -0.137. The number of para-hydroxylation sites is 1. The van der Waals surface area contributed by atoms with Crippen molar-refractivity contribution in [1.82, 2.24) is 5.32 Å². The molecule has 0 fully saturated rings. The second kappa shape index (κ2) is 8.19. The Balaban J connectivity index is 2.16. The summed E-state index contributed by atoms with van der Waals surface area (Å²) in [5.41, 5.74) is 0. The lowest BCUT2D eigenvalue weighted by Crippen LogP contribution is -2.22. The molecule has 0 aliphatic carbocycles. The van der Waals surface area contributed by atoms with Crippen molar-refractivity contribution in [1.29, 1.82) is 0 Å². The van der Waals surface area contributed by atoms with E-state index in [1.165, 1.54) is 0 Å². The Morgan fingerprint density at radius 1 is 1.28 bits per heavy atom. The van der Waals surface area contributed by atoms with E-state index in [4.69, 9.17) is 33.0 Å². The summed E-state index contributed by atoms with van der Waals surface area (Å²) >= 11 is 11.9. The van der Waals surface area contributed by atoms with Crippen molar-refractivity contribution in [3.8, 4) is 5.75 Å². The van der Waals surface area contributed by atoms with Gasteiger partial charge in [0.15, 0.2) is 5.75 Å². The minimum Gasteiger partial charge on any atom is -0.489 e. The molecule has 0 unspecified atom stereocenters. The smallest absolute Gasteiger partial charge is 0.303 e. The minimum atomic E-state index is -0.782. The highest BCUT2D eigenvalue weighted by Crippen LogP contribution is 2.32. The molecule has 0 radical (unpaired) electrons. The fourth-order valence-corrected chi connectivity index (χ4v) is 1.84. The van der Waals surface area contributed by atoms with Crippen LogP contribution in [-0.4, -0.2) is 30.8 Å². The molecular formula is C12H15Cl2NO3. The molecule has 4 nitrogen and oxygen atoms in total. The topological polar surface area (TPSA) is 58.6 Å². The summed E-state index contributed by atoms with van der Waals surface area (Å²) in [6.07, 6.45) is 0.770. The lowest BCUT2D eigenvalue weighted by atomic mass is 10.3. The molecule has 0 saturated heterocycles. The van der Waals surface area contributed by atoms with Gasteiger partial charge >= 0.3 is 5.97 Å². The van der Waals surface area contributed by atoms with Crippen LogP contribution in [0, 0.1) is 0 Å². The first-order valence-corrected chi connectivity index (χ1v) is 6.36. The van der Waals surface area contributed by atoms with Crippen molar-refractivity contribution in [3.63, 3.8) is 0 Å². The van der Waals surface area contributed by atoms with Gasteiger partial charge in [-0.15, -0.1) is 0 Å². The van der Waals surface area contributed by atoms with Crippen LogP contribution < -0.4 is 10.1 Å². The Morgan fingerprint density at radius 2 is 1.94 bits per heavy atom. The van der Waals surface area contributed by atoms with Gasteiger partial charge in [0.1, 0.15) is 6.61 Å². The zero-order valence-electron chi connectivity index (χ0n) is 9.79. The summed E-state index contributed by atoms with van der Waals surface area (Å²) in [5, 5.41) is 12.5. The summed E-state index contributed by atoms with van der Waals surface area (Å²) in [6.45, 7) is 1.68. The van der Waals surface area contributed by atoms with Crippen LogP contribution in [0.2, 0.25) is 10.0 Å². The molecule has 100 valence electrons. The Morgan fingerprint density at radius 3 is 2.56 bits per heavy atom. The largest absolute Gasteiger partial charge is 0.489 e. The molecule has 1 aromatic rings. The predicted molar refractivity (Wildman–Crippen MR) is 71.7 cm³/mol. The van der Waals surface area contributed by atoms with E-state index in [0.29, 0.717) is 41.9 Å². The number of hydrogen-bond donors (Lipinski definition) is 2.